The Kier molecular flexibility index (Phi) is 27.6. The number of carboxylic acids is 2. The number of alkyl halides is 8. The van der Waals surface area contributed by atoms with Crippen molar-refractivity contribution in [3.05, 3.63) is 124 Å². The summed E-state index contributed by atoms with van der Waals surface area (Å²) in [4.78, 5) is 142. The monoisotopic (exact) mass is 1600 g/mol. The molecule has 30 nitrogen and oxygen atoms in total. The Labute approximate surface area is 627 Å². The van der Waals surface area contributed by atoms with Crippen LogP contribution in [0.1, 0.15) is 114 Å². The maximum Gasteiger partial charge on any atom is 0.524 e. The lowest BCUT2D eigenvalue weighted by Crippen LogP contribution is -2.64. The number of fused-ring (bicyclic) bond motifs is 2. The third kappa shape index (κ3) is 22.1. The van der Waals surface area contributed by atoms with Crippen LogP contribution in [0.3, 0.4) is 0 Å². The van der Waals surface area contributed by atoms with Crippen LogP contribution in [-0.2, 0) is 77.1 Å². The Bertz CT molecular complexity index is 4310. The molecule has 41 heteroatoms. The number of nitrogens with one attached hydrogen (secondary N) is 5. The number of hydrazine groups is 1. The minimum atomic E-state index is -5.64. The number of carbonyl (C=O) groups is 8. The summed E-state index contributed by atoms with van der Waals surface area (Å²) in [6, 6.07) is 2.35. The molecule has 5 amide bonds. The van der Waals surface area contributed by atoms with Crippen LogP contribution in [0.15, 0.2) is 79.3 Å². The minimum Gasteiger partial charge on any atom is -0.481 e. The molecule has 3 aliphatic heterocycles. The van der Waals surface area contributed by atoms with Crippen molar-refractivity contribution >= 4 is 61.6 Å². The fourth-order valence-corrected chi connectivity index (χ4v) is 13.4. The van der Waals surface area contributed by atoms with Crippen LogP contribution < -0.4 is 36.1 Å². The Morgan fingerprint density at radius 3 is 1.82 bits per heavy atom. The van der Waals surface area contributed by atoms with Crippen LogP contribution in [0.5, 0.6) is 5.75 Å². The van der Waals surface area contributed by atoms with Crippen molar-refractivity contribution < 1.29 is 130 Å². The third-order valence-electron chi connectivity index (χ3n) is 19.1. The van der Waals surface area contributed by atoms with E-state index in [0.29, 0.717) is 108 Å². The maximum atomic E-state index is 16.9. The van der Waals surface area contributed by atoms with E-state index >= 15 is 44.7 Å². The molecule has 111 heavy (non-hydrogen) atoms. The molecular weight excluding hydrogens is 1520 g/mol. The number of benzene rings is 3. The number of hydrogen-bond donors (Lipinski definition) is 9. The van der Waals surface area contributed by atoms with Gasteiger partial charge in [-0.05, 0) is 101 Å². The number of methoxy groups -OCH3 is 2. The number of aliphatic carboxylic acids is 2. The van der Waals surface area contributed by atoms with Crippen molar-refractivity contribution in [2.75, 3.05) is 52.0 Å². The number of carbonyl (C=O) groups excluding carboxylic acids is 6. The average molecular weight is 1600 g/mol. The van der Waals surface area contributed by atoms with E-state index in [4.69, 9.17) is 14.0 Å². The molecule has 7 atom stereocenters. The SMILES string of the molecule is COC(=O)N[C@H](C(=O)N[C@@H](Cc1ccc(C#Cc2cnc(N3CC4CCC(C3)N4C3COC3)nc2)cc1)[C@H](CN(Cc1c(F)cc(-c2ccn(C(F)F)n2)cc1F)NC(=O)[C@@H](NC(=O)OC)C(C)(C)C(F)(F)F)OC(=O)CC(C)(C)c1c(CC(=O)N[C@@H](CCC(=O)O)C(=O)O)cccc1OP(=O)(O)O)C(C)(C)C(F)(F)F. The standard InChI is InChI=1S/C70H81F10N12O18P/c1-66(2,56-40(10-9-11-51(56)110-111(103,104)105)27-53(93)83-49(61(99)100)20-21-54(94)95)28-55(96)109-52(34-90(88-60(98)58(86-65(102)107-8)68(5,6)70(78,79)80)33-45-46(71)25-41(26-47(45)72)48-22-23-91(87-48)62(73)74)50(84-59(97)57(85-64(101)106-7)67(3,4)69(75,76)77)24-38-15-12-37(13-16-38)14-17-39-29-81-63(82-30-39)89-31-42-18-19-43(32-89)92(42)44-35-108-36-44/h9-13,15-16,22-23,25-26,29-30,42-44,49-50,52,57-58,62H,18-21,24,27-28,31-36H2,1-8H3,(H,83,93)(H,84,97)(H,85,101)(H,86,102)(H,88,98)(H,94,95)(H,99,100)(H2,103,104,105)/t42?,43?,49-,50-,52-,57+,58+/m0/s1. The molecule has 3 aliphatic rings. The molecule has 2 unspecified atom stereocenters. The van der Waals surface area contributed by atoms with Gasteiger partial charge in [-0.15, -0.1) is 0 Å². The van der Waals surface area contributed by atoms with Gasteiger partial charge in [0.25, 0.3) is 5.91 Å². The van der Waals surface area contributed by atoms with Crippen molar-refractivity contribution in [1.29, 1.82) is 0 Å². The number of rotatable bonds is 32. The van der Waals surface area contributed by atoms with E-state index in [1.807, 2.05) is 10.7 Å². The molecule has 3 aromatic carbocycles. The molecule has 5 heterocycles. The first-order valence-electron chi connectivity index (χ1n) is 34.1. The fourth-order valence-electron chi connectivity index (χ4n) is 13.0. The van der Waals surface area contributed by atoms with E-state index in [0.717, 1.165) is 44.3 Å². The van der Waals surface area contributed by atoms with Gasteiger partial charge in [0, 0.05) is 84.4 Å². The second-order valence-corrected chi connectivity index (χ2v) is 29.5. The lowest BCUT2D eigenvalue weighted by molar-refractivity contribution is -0.221. The summed E-state index contributed by atoms with van der Waals surface area (Å²) in [5.41, 5.74) is -8.61. The molecule has 0 radical (unpaired) electrons. The average Bonchev–Trinajstić information content (AvgIpc) is 1.74. The van der Waals surface area contributed by atoms with E-state index in [9.17, 15) is 62.1 Å². The summed E-state index contributed by atoms with van der Waals surface area (Å²) in [6.07, 6.45) is -14.8. The van der Waals surface area contributed by atoms with Gasteiger partial charge in [0.05, 0.1) is 81.0 Å². The zero-order valence-electron chi connectivity index (χ0n) is 60.8. The number of alkyl carbamates (subject to hydrolysis) is 2. The van der Waals surface area contributed by atoms with Gasteiger partial charge in [0.2, 0.25) is 17.8 Å². The Morgan fingerprint density at radius 2 is 1.32 bits per heavy atom. The number of halogens is 10. The number of nitrogens with zero attached hydrogens (tertiary/aromatic N) is 7. The minimum absolute atomic E-state index is 0.0534. The van der Waals surface area contributed by atoms with E-state index < -0.39 is 206 Å². The number of esters is 1. The number of amides is 5. The number of hydrogen-bond acceptors (Lipinski definition) is 20. The highest BCUT2D eigenvalue weighted by Gasteiger charge is 2.58. The van der Waals surface area contributed by atoms with Crippen molar-refractivity contribution in [1.82, 2.24) is 56.4 Å². The van der Waals surface area contributed by atoms with Crippen LogP contribution in [0.2, 0.25) is 0 Å². The lowest BCUT2D eigenvalue weighted by atomic mass is 9.77. The molecular formula is C70H81F10N12O18P. The zero-order valence-corrected chi connectivity index (χ0v) is 61.7. The van der Waals surface area contributed by atoms with Gasteiger partial charge in [-0.2, -0.15) is 40.2 Å². The topological polar surface area (TPSA) is 394 Å². The molecule has 5 aromatic rings. The lowest BCUT2D eigenvalue weighted by Gasteiger charge is -2.47. The molecule has 0 aliphatic carbocycles. The van der Waals surface area contributed by atoms with Crippen LogP contribution in [0.25, 0.3) is 11.3 Å². The van der Waals surface area contributed by atoms with Crippen molar-refractivity contribution in [3.63, 3.8) is 0 Å². The van der Waals surface area contributed by atoms with Crippen LogP contribution in [-0.4, -0.2) is 205 Å². The highest BCUT2D eigenvalue weighted by atomic mass is 31.2. The maximum absolute atomic E-state index is 16.9. The molecule has 0 saturated carbocycles. The number of anilines is 1. The second-order valence-electron chi connectivity index (χ2n) is 28.3. The van der Waals surface area contributed by atoms with Gasteiger partial charge < -0.3 is 59.9 Å². The number of carboxylic acid groups (broad SMARTS) is 2. The molecule has 8 rings (SSSR count). The number of phosphoric ester groups is 1. The zero-order chi connectivity index (χ0) is 82.0. The first kappa shape index (κ1) is 86.4. The molecule has 0 spiro atoms. The summed E-state index contributed by atoms with van der Waals surface area (Å²) in [5, 5.41) is 31.1. The summed E-state index contributed by atoms with van der Waals surface area (Å²) in [7, 11) is -4.19. The first-order valence-corrected chi connectivity index (χ1v) is 35.7. The van der Waals surface area contributed by atoms with Gasteiger partial charge in [-0.25, -0.2) is 47.4 Å². The summed E-state index contributed by atoms with van der Waals surface area (Å²) in [6.45, 7) is 0.959. The highest BCUT2D eigenvalue weighted by Crippen LogP contribution is 2.46. The number of ether oxygens (including phenoxy) is 4. The van der Waals surface area contributed by atoms with Crippen molar-refractivity contribution in [3.8, 4) is 28.8 Å². The predicted molar refractivity (Wildman–Crippen MR) is 368 cm³/mol. The molecule has 2 aromatic heterocycles. The van der Waals surface area contributed by atoms with Gasteiger partial charge in [-0.3, -0.25) is 44.1 Å². The van der Waals surface area contributed by atoms with Gasteiger partial charge >= 0.3 is 56.8 Å². The first-order chi connectivity index (χ1) is 51.8. The van der Waals surface area contributed by atoms with Crippen LogP contribution >= 0.6 is 7.82 Å². The molecule has 9 N–H and O–H groups in total. The Hall–Kier alpha value is -10.2. The van der Waals surface area contributed by atoms with Crippen molar-refractivity contribution in [2.24, 2.45) is 10.8 Å². The Balaban J connectivity index is 1.27. The van der Waals surface area contributed by atoms with Gasteiger partial charge in [0.15, 0.2) is 0 Å². The largest absolute Gasteiger partial charge is 0.524 e. The number of piperazine rings is 1. The molecule has 2 bridgehead atoms. The summed E-state index contributed by atoms with van der Waals surface area (Å²) in [5.74, 6) is -6.98. The van der Waals surface area contributed by atoms with E-state index in [1.54, 1.807) is 5.32 Å². The van der Waals surface area contributed by atoms with Gasteiger partial charge in [-0.1, -0.05) is 50.0 Å². The normalized spacial score (nSPS) is 17.0. The predicted octanol–water partition coefficient (Wildman–Crippen LogP) is 7.38. The second kappa shape index (κ2) is 35.4. The highest BCUT2D eigenvalue weighted by molar-refractivity contribution is 7.46. The molecule has 3 fully saturated rings. The van der Waals surface area contributed by atoms with E-state index in [2.05, 4.69) is 56.8 Å². The quantitative estimate of drug-likeness (QED) is 0.00506. The smallest absolute Gasteiger partial charge is 0.481 e. The summed E-state index contributed by atoms with van der Waals surface area (Å²) >= 11 is 0. The van der Waals surface area contributed by atoms with E-state index in [-0.39, 0.29) is 21.4 Å². The molecule has 3 saturated heterocycles. The Morgan fingerprint density at radius 1 is 0.748 bits per heavy atom. The number of aromatic nitrogens is 4. The number of phosphoric acid groups is 1. The van der Waals surface area contributed by atoms with Gasteiger partial charge in [0.1, 0.15) is 41.6 Å². The van der Waals surface area contributed by atoms with E-state index in [1.165, 1.54) is 56.6 Å². The van der Waals surface area contributed by atoms with Crippen LogP contribution in [0, 0.1) is 34.3 Å². The third-order valence-corrected chi connectivity index (χ3v) is 19.6. The molecule has 604 valence electrons. The fraction of sp³-hybridized carbons (Fsp3) is 0.500. The van der Waals surface area contributed by atoms with Crippen LogP contribution in [0.4, 0.5) is 59.4 Å². The van der Waals surface area contributed by atoms with Crippen molar-refractivity contribution in [2.45, 2.75) is 166 Å². The summed E-state index contributed by atoms with van der Waals surface area (Å²) < 4.78 is 191.